The molecular formula is C58H35IN2O. The quantitative estimate of drug-likeness (QED) is 0.159. The Labute approximate surface area is 369 Å². The number of nitrogens with zero attached hydrogens (tertiary/aromatic N) is 2. The molecule has 3 aliphatic rings. The van der Waals surface area contributed by atoms with Crippen LogP contribution in [0.2, 0.25) is 0 Å². The fourth-order valence-corrected chi connectivity index (χ4v) is 12.6. The van der Waals surface area contributed by atoms with Crippen molar-refractivity contribution in [2.45, 2.75) is 5.41 Å². The number of rotatable bonds is 5. The van der Waals surface area contributed by atoms with Crippen LogP contribution in [0.5, 0.6) is 0 Å². The normalized spacial score (nSPS) is 15.9. The summed E-state index contributed by atoms with van der Waals surface area (Å²) in [5, 5.41) is 2.28. The molecule has 1 unspecified atom stereocenters. The van der Waals surface area contributed by atoms with Gasteiger partial charge in [0.05, 0.1) is 5.41 Å². The van der Waals surface area contributed by atoms with Crippen molar-refractivity contribution < 1.29 is 4.42 Å². The molecule has 0 N–H and O–H groups in total. The molecule has 1 aliphatic heterocycles. The van der Waals surface area contributed by atoms with Crippen molar-refractivity contribution in [3.8, 4) is 44.5 Å². The van der Waals surface area contributed by atoms with E-state index >= 15 is 0 Å². The molecule has 13 rings (SSSR count). The summed E-state index contributed by atoms with van der Waals surface area (Å²) >= 11 is -0.747. The van der Waals surface area contributed by atoms with Crippen LogP contribution in [0.1, 0.15) is 38.9 Å². The van der Waals surface area contributed by atoms with E-state index in [9.17, 15) is 0 Å². The first-order valence-corrected chi connectivity index (χ1v) is 23.2. The number of hydrogen-bond acceptors (Lipinski definition) is 3. The number of hydrogen-bond donors (Lipinski definition) is 0. The second-order valence-corrected chi connectivity index (χ2v) is 18.8. The lowest BCUT2D eigenvalue weighted by Crippen LogP contribution is -2.26. The van der Waals surface area contributed by atoms with Crippen molar-refractivity contribution in [1.29, 1.82) is 0 Å². The highest BCUT2D eigenvalue weighted by molar-refractivity contribution is 14.2. The number of amidine groups is 1. The number of furan rings is 1. The molecule has 0 saturated carbocycles. The summed E-state index contributed by atoms with van der Waals surface area (Å²) in [5.74, 6) is 0.740. The fourth-order valence-electron chi connectivity index (χ4n) is 10.2. The molecule has 0 saturated heterocycles. The second-order valence-electron chi connectivity index (χ2n) is 16.2. The van der Waals surface area contributed by atoms with E-state index in [4.69, 9.17) is 14.4 Å². The zero-order valence-corrected chi connectivity index (χ0v) is 35.5. The predicted octanol–water partition coefficient (Wildman–Crippen LogP) is 14.6. The summed E-state index contributed by atoms with van der Waals surface area (Å²) < 4.78 is 9.01. The Kier molecular flexibility index (Phi) is 7.94. The van der Waals surface area contributed by atoms with Crippen molar-refractivity contribution in [2.24, 2.45) is 9.98 Å². The van der Waals surface area contributed by atoms with Crippen LogP contribution >= 0.6 is 20.7 Å². The van der Waals surface area contributed by atoms with Gasteiger partial charge in [0.2, 0.25) is 0 Å². The summed E-state index contributed by atoms with van der Waals surface area (Å²) in [6.45, 7) is 0. The van der Waals surface area contributed by atoms with Gasteiger partial charge in [-0.3, -0.25) is 0 Å². The molecule has 4 heteroatoms. The molecule has 3 nitrogen and oxygen atoms in total. The van der Waals surface area contributed by atoms with Gasteiger partial charge in [-0.15, -0.1) is 0 Å². The molecule has 62 heavy (non-hydrogen) atoms. The van der Waals surface area contributed by atoms with Gasteiger partial charge in [0, 0.05) is 33.0 Å². The average Bonchev–Trinajstić information content (AvgIpc) is 3.98. The summed E-state index contributed by atoms with van der Waals surface area (Å²) in [6, 6.07) is 76.9. The molecule has 1 atom stereocenters. The van der Waals surface area contributed by atoms with Crippen molar-refractivity contribution >= 4 is 55.9 Å². The average molecular weight is 903 g/mol. The SMILES string of the molecule is c1ccc(-c2cccc(C3=NC(c4ccc5c(c4)C4(c6ccccc6-5)c5ccccc5-c5c4ccc4c5oc5ccccc54)=NC(c4cccc(-c5ccccc5)c4)=I3)c2)cc1. The molecule has 9 aromatic carbocycles. The number of benzene rings is 9. The zero-order chi connectivity index (χ0) is 40.8. The van der Waals surface area contributed by atoms with Crippen LogP contribution in [0.15, 0.2) is 227 Å². The van der Waals surface area contributed by atoms with E-state index in [1.807, 2.05) is 0 Å². The van der Waals surface area contributed by atoms with E-state index < -0.39 is 26.1 Å². The van der Waals surface area contributed by atoms with Gasteiger partial charge >= 0.3 is 0 Å². The van der Waals surface area contributed by atoms with Crippen LogP contribution in [0, 0.1) is 0 Å². The van der Waals surface area contributed by atoms with Crippen molar-refractivity contribution in [1.82, 2.24) is 0 Å². The second kappa shape index (κ2) is 13.9. The molecule has 10 aromatic rings. The van der Waals surface area contributed by atoms with Gasteiger partial charge in [-0.25, -0.2) is 9.98 Å². The molecule has 290 valence electrons. The lowest BCUT2D eigenvalue weighted by atomic mass is 9.70. The molecule has 0 bridgehead atoms. The third-order valence-electron chi connectivity index (χ3n) is 12.9. The maximum absolute atomic E-state index is 6.79. The van der Waals surface area contributed by atoms with E-state index in [2.05, 4.69) is 212 Å². The van der Waals surface area contributed by atoms with Gasteiger partial charge in [-0.2, -0.15) is 0 Å². The van der Waals surface area contributed by atoms with Gasteiger partial charge in [-0.1, -0.05) is 188 Å². The Morgan fingerprint density at radius 2 is 0.968 bits per heavy atom. The van der Waals surface area contributed by atoms with Gasteiger partial charge in [-0.05, 0) is 106 Å². The molecule has 2 heterocycles. The van der Waals surface area contributed by atoms with E-state index in [1.54, 1.807) is 0 Å². The molecule has 0 amide bonds. The standard InChI is InChI=1S/C58H35IN2O/c1-3-15-36(16-4-1)38-19-13-21-40(33-38)55-59-56(41-22-14-20-39(34-41)37-17-5-2-6-18-37)61-57(60-55)42-29-30-44-43-23-7-10-26-48(43)58(51(44)35-42)49-27-11-8-25-47(49)53-50(58)32-31-46-45-24-9-12-28-52(45)62-54(46)53/h1-35H. The Bertz CT molecular complexity index is 3500. The van der Waals surface area contributed by atoms with Crippen LogP contribution in [-0.2, 0) is 5.41 Å². The Hall–Kier alpha value is -7.28. The molecule has 0 fully saturated rings. The lowest BCUT2D eigenvalue weighted by Gasteiger charge is -2.30. The minimum atomic E-state index is -0.747. The van der Waals surface area contributed by atoms with Crippen molar-refractivity contribution in [3.05, 3.63) is 251 Å². The fraction of sp³-hybridized carbons (Fsp3) is 0.0172. The smallest absolute Gasteiger partial charge is 0.161 e. The first-order chi connectivity index (χ1) is 30.7. The number of halogens is 1. The third kappa shape index (κ3) is 5.26. The first-order valence-electron chi connectivity index (χ1n) is 21.0. The van der Waals surface area contributed by atoms with E-state index in [0.29, 0.717) is 0 Å². The predicted molar refractivity (Wildman–Crippen MR) is 265 cm³/mol. The van der Waals surface area contributed by atoms with Gasteiger partial charge in [0.25, 0.3) is 0 Å². The molecule has 1 spiro atoms. The van der Waals surface area contributed by atoms with Crippen LogP contribution in [0.3, 0.4) is 0 Å². The van der Waals surface area contributed by atoms with Crippen LogP contribution in [-0.4, -0.2) is 13.2 Å². The number of aliphatic imine (C=N–C) groups is 2. The largest absolute Gasteiger partial charge is 0.455 e. The van der Waals surface area contributed by atoms with Crippen LogP contribution in [0.25, 0.3) is 66.4 Å². The van der Waals surface area contributed by atoms with Crippen LogP contribution in [0.4, 0.5) is 0 Å². The maximum Gasteiger partial charge on any atom is 0.161 e. The van der Waals surface area contributed by atoms with Gasteiger partial charge in [0.1, 0.15) is 18.5 Å². The van der Waals surface area contributed by atoms with Gasteiger partial charge in [0.15, 0.2) is 5.84 Å². The summed E-state index contributed by atoms with van der Waals surface area (Å²) in [4.78, 5) is 11.1. The monoisotopic (exact) mass is 902 g/mol. The summed E-state index contributed by atoms with van der Waals surface area (Å²) in [7, 11) is 0. The van der Waals surface area contributed by atoms with E-state index in [-0.39, 0.29) is 0 Å². The van der Waals surface area contributed by atoms with E-state index in [1.165, 1.54) is 66.8 Å². The zero-order valence-electron chi connectivity index (χ0n) is 33.4. The lowest BCUT2D eigenvalue weighted by molar-refractivity contribution is 0.669. The molecule has 2 aliphatic carbocycles. The molecule has 1 aromatic heterocycles. The summed E-state index contributed by atoms with van der Waals surface area (Å²) in [6.07, 6.45) is 0. The Morgan fingerprint density at radius 1 is 0.371 bits per heavy atom. The topological polar surface area (TPSA) is 37.9 Å². The highest BCUT2D eigenvalue weighted by Crippen LogP contribution is 2.64. The highest BCUT2D eigenvalue weighted by atomic mass is 127. The highest BCUT2D eigenvalue weighted by Gasteiger charge is 2.52. The molecular weight excluding hydrogens is 868 g/mol. The minimum Gasteiger partial charge on any atom is -0.455 e. The number of fused-ring (bicyclic) bond motifs is 14. The summed E-state index contributed by atoms with van der Waals surface area (Å²) in [5.41, 5.74) is 19.3. The van der Waals surface area contributed by atoms with Gasteiger partial charge < -0.3 is 4.42 Å². The number of para-hydroxylation sites is 1. The first kappa shape index (κ1) is 35.5. The van der Waals surface area contributed by atoms with E-state index in [0.717, 1.165) is 51.8 Å². The molecule has 0 radical (unpaired) electrons. The van der Waals surface area contributed by atoms with Crippen LogP contribution < -0.4 is 0 Å². The van der Waals surface area contributed by atoms with Crippen molar-refractivity contribution in [3.63, 3.8) is 0 Å². The third-order valence-corrected chi connectivity index (χ3v) is 15.6. The maximum atomic E-state index is 6.79. The Balaban J connectivity index is 1.03. The minimum absolute atomic E-state index is 0.559. The Morgan fingerprint density at radius 3 is 1.74 bits per heavy atom. The van der Waals surface area contributed by atoms with Crippen molar-refractivity contribution in [2.75, 3.05) is 0 Å².